The van der Waals surface area contributed by atoms with Crippen LogP contribution in [0, 0.1) is 6.92 Å². The number of hydrogen-bond donors (Lipinski definition) is 0. The summed E-state index contributed by atoms with van der Waals surface area (Å²) in [5, 5.41) is 1.27. The average Bonchev–Trinajstić information content (AvgIpc) is 2.46. The predicted octanol–water partition coefficient (Wildman–Crippen LogP) is 5.24. The summed E-state index contributed by atoms with van der Waals surface area (Å²) in [7, 11) is 0. The first kappa shape index (κ1) is 14.8. The summed E-state index contributed by atoms with van der Waals surface area (Å²) >= 11 is 0. The number of pyridine rings is 1. The molecule has 0 aliphatic carbocycles. The Morgan fingerprint density at radius 3 is 2.75 bits per heavy atom. The number of nitrogens with zero attached hydrogens (tertiary/aromatic N) is 1. The minimum Gasteiger partial charge on any atom is -0.493 e. The van der Waals surface area contributed by atoms with Gasteiger partial charge in [0.15, 0.2) is 0 Å². The van der Waals surface area contributed by atoms with E-state index in [4.69, 9.17) is 4.74 Å². The Labute approximate surface area is 122 Å². The van der Waals surface area contributed by atoms with Gasteiger partial charge in [-0.15, -0.1) is 0 Å². The van der Waals surface area contributed by atoms with Crippen LogP contribution in [0.2, 0.25) is 0 Å². The van der Waals surface area contributed by atoms with Gasteiger partial charge < -0.3 is 4.74 Å². The van der Waals surface area contributed by atoms with E-state index >= 15 is 0 Å². The highest BCUT2D eigenvalue weighted by molar-refractivity contribution is 5.85. The van der Waals surface area contributed by atoms with Crippen LogP contribution in [0.5, 0.6) is 5.75 Å². The fourth-order valence-electron chi connectivity index (χ4n) is 2.43. The second kappa shape index (κ2) is 6.74. The normalized spacial score (nSPS) is 12.6. The number of ether oxygens (including phenoxy) is 1. The molecule has 0 saturated carbocycles. The van der Waals surface area contributed by atoms with E-state index < -0.39 is 0 Å². The van der Waals surface area contributed by atoms with Crippen molar-refractivity contribution in [3.05, 3.63) is 35.5 Å². The number of unbranched alkanes of at least 4 members (excludes halogenated alkanes) is 1. The van der Waals surface area contributed by atoms with Crippen LogP contribution in [-0.2, 0) is 0 Å². The molecule has 0 saturated heterocycles. The maximum Gasteiger partial charge on any atom is 0.124 e. The van der Waals surface area contributed by atoms with Crippen molar-refractivity contribution in [1.82, 2.24) is 4.98 Å². The van der Waals surface area contributed by atoms with Gasteiger partial charge in [0.1, 0.15) is 5.75 Å². The molecular formula is C18H25NO. The molecule has 0 fully saturated rings. The number of rotatable bonds is 6. The summed E-state index contributed by atoms with van der Waals surface area (Å²) < 4.78 is 5.87. The third-order valence-electron chi connectivity index (χ3n) is 3.97. The van der Waals surface area contributed by atoms with E-state index in [1.807, 2.05) is 6.20 Å². The van der Waals surface area contributed by atoms with Crippen molar-refractivity contribution in [2.45, 2.75) is 52.9 Å². The van der Waals surface area contributed by atoms with Gasteiger partial charge >= 0.3 is 0 Å². The molecule has 1 aromatic carbocycles. The van der Waals surface area contributed by atoms with Crippen molar-refractivity contribution >= 4 is 10.9 Å². The molecule has 108 valence electrons. The Morgan fingerprint density at radius 2 is 2.05 bits per heavy atom. The van der Waals surface area contributed by atoms with Gasteiger partial charge in [0.2, 0.25) is 0 Å². The van der Waals surface area contributed by atoms with Crippen LogP contribution < -0.4 is 4.74 Å². The summed E-state index contributed by atoms with van der Waals surface area (Å²) in [4.78, 5) is 4.51. The lowest BCUT2D eigenvalue weighted by Gasteiger charge is -2.15. The number of aryl methyl sites for hydroxylation is 1. The van der Waals surface area contributed by atoms with Crippen LogP contribution in [0.25, 0.3) is 10.9 Å². The Kier molecular flexibility index (Phi) is 4.99. The molecule has 1 unspecified atom stereocenters. The fourth-order valence-corrected chi connectivity index (χ4v) is 2.43. The molecule has 2 rings (SSSR count). The average molecular weight is 271 g/mol. The number of aromatic nitrogens is 1. The standard InChI is InChI=1S/C18H25NO/c1-5-7-10-20-18-12-17-16(11-14(18)4)15(8-9-19-17)13(3)6-2/h8-9,11-13H,5-7,10H2,1-4H3. The van der Waals surface area contributed by atoms with Crippen molar-refractivity contribution in [3.63, 3.8) is 0 Å². The Hall–Kier alpha value is -1.57. The largest absolute Gasteiger partial charge is 0.493 e. The van der Waals surface area contributed by atoms with Crippen LogP contribution in [0.15, 0.2) is 24.4 Å². The molecule has 2 aromatic rings. The fraction of sp³-hybridized carbons (Fsp3) is 0.500. The zero-order valence-corrected chi connectivity index (χ0v) is 13.1. The third kappa shape index (κ3) is 3.12. The lowest BCUT2D eigenvalue weighted by atomic mass is 9.94. The molecule has 0 aliphatic rings. The Morgan fingerprint density at radius 1 is 1.25 bits per heavy atom. The second-order valence-corrected chi connectivity index (χ2v) is 5.55. The second-order valence-electron chi connectivity index (χ2n) is 5.55. The Bertz CT molecular complexity index is 577. The van der Waals surface area contributed by atoms with Crippen molar-refractivity contribution in [2.24, 2.45) is 0 Å². The molecule has 0 amide bonds. The molecular weight excluding hydrogens is 246 g/mol. The van der Waals surface area contributed by atoms with E-state index in [1.54, 1.807) is 0 Å². The van der Waals surface area contributed by atoms with Crippen LogP contribution in [0.4, 0.5) is 0 Å². The van der Waals surface area contributed by atoms with Gasteiger partial charge in [-0.2, -0.15) is 0 Å². The van der Waals surface area contributed by atoms with Crippen molar-refractivity contribution < 1.29 is 4.74 Å². The summed E-state index contributed by atoms with van der Waals surface area (Å²) in [6.45, 7) is 9.58. The number of benzene rings is 1. The molecule has 0 bridgehead atoms. The SMILES string of the molecule is CCCCOc1cc2nccc(C(C)CC)c2cc1C. The third-order valence-corrected chi connectivity index (χ3v) is 3.97. The predicted molar refractivity (Wildman–Crippen MR) is 85.6 cm³/mol. The summed E-state index contributed by atoms with van der Waals surface area (Å²) in [5.74, 6) is 1.53. The first-order valence-electron chi connectivity index (χ1n) is 7.69. The van der Waals surface area contributed by atoms with E-state index in [9.17, 15) is 0 Å². The van der Waals surface area contributed by atoms with Crippen LogP contribution in [0.1, 0.15) is 57.1 Å². The quantitative estimate of drug-likeness (QED) is 0.671. The Balaban J connectivity index is 2.40. The van der Waals surface area contributed by atoms with Crippen LogP contribution in [-0.4, -0.2) is 11.6 Å². The molecule has 2 heteroatoms. The maximum absolute atomic E-state index is 5.87. The highest BCUT2D eigenvalue weighted by Gasteiger charge is 2.11. The summed E-state index contributed by atoms with van der Waals surface area (Å²) in [6.07, 6.45) is 5.31. The van der Waals surface area contributed by atoms with Gasteiger partial charge in [0, 0.05) is 17.6 Å². The van der Waals surface area contributed by atoms with Crippen LogP contribution >= 0.6 is 0 Å². The maximum atomic E-state index is 5.87. The lowest BCUT2D eigenvalue weighted by Crippen LogP contribution is -2.00. The molecule has 20 heavy (non-hydrogen) atoms. The molecule has 0 spiro atoms. The van der Waals surface area contributed by atoms with Crippen molar-refractivity contribution in [1.29, 1.82) is 0 Å². The molecule has 0 aliphatic heterocycles. The van der Waals surface area contributed by atoms with Gasteiger partial charge in [-0.3, -0.25) is 4.98 Å². The molecule has 0 radical (unpaired) electrons. The number of fused-ring (bicyclic) bond motifs is 1. The van der Waals surface area contributed by atoms with Crippen molar-refractivity contribution in [3.8, 4) is 5.75 Å². The van der Waals surface area contributed by atoms with E-state index in [-0.39, 0.29) is 0 Å². The van der Waals surface area contributed by atoms with E-state index in [0.29, 0.717) is 5.92 Å². The van der Waals surface area contributed by atoms with Gasteiger partial charge in [0.25, 0.3) is 0 Å². The topological polar surface area (TPSA) is 22.1 Å². The highest BCUT2D eigenvalue weighted by atomic mass is 16.5. The minimum absolute atomic E-state index is 0.562. The van der Waals surface area contributed by atoms with E-state index in [2.05, 4.69) is 50.9 Å². The molecule has 1 atom stereocenters. The van der Waals surface area contributed by atoms with Gasteiger partial charge in [-0.1, -0.05) is 27.2 Å². The summed E-state index contributed by atoms with van der Waals surface area (Å²) in [5.41, 5.74) is 3.63. The van der Waals surface area contributed by atoms with Gasteiger partial charge in [0.05, 0.1) is 12.1 Å². The zero-order chi connectivity index (χ0) is 14.5. The van der Waals surface area contributed by atoms with Crippen LogP contribution in [0.3, 0.4) is 0 Å². The minimum atomic E-state index is 0.562. The molecule has 1 aromatic heterocycles. The smallest absolute Gasteiger partial charge is 0.124 e. The monoisotopic (exact) mass is 271 g/mol. The molecule has 2 nitrogen and oxygen atoms in total. The highest BCUT2D eigenvalue weighted by Crippen LogP contribution is 2.31. The van der Waals surface area contributed by atoms with E-state index in [1.165, 1.54) is 16.5 Å². The first-order valence-corrected chi connectivity index (χ1v) is 7.69. The number of hydrogen-bond acceptors (Lipinski definition) is 2. The first-order chi connectivity index (χ1) is 9.67. The van der Waals surface area contributed by atoms with Gasteiger partial charge in [-0.25, -0.2) is 0 Å². The van der Waals surface area contributed by atoms with Crippen molar-refractivity contribution in [2.75, 3.05) is 6.61 Å². The van der Waals surface area contributed by atoms with Gasteiger partial charge in [-0.05, 0) is 48.9 Å². The lowest BCUT2D eigenvalue weighted by molar-refractivity contribution is 0.308. The summed E-state index contributed by atoms with van der Waals surface area (Å²) in [6, 6.07) is 6.46. The molecule has 1 heterocycles. The molecule has 0 N–H and O–H groups in total. The van der Waals surface area contributed by atoms with E-state index in [0.717, 1.165) is 37.1 Å². The zero-order valence-electron chi connectivity index (χ0n) is 13.1.